The summed E-state index contributed by atoms with van der Waals surface area (Å²) in [5.74, 6) is -3.69. The number of hydrogen-bond donors (Lipinski definition) is 3. The zero-order valence-electron chi connectivity index (χ0n) is 9.24. The number of aliphatic carboxylic acids is 2. The van der Waals surface area contributed by atoms with E-state index in [9.17, 15) is 19.8 Å². The SMILES string of the molecule is NC(C(=O)[O-])C(=O)[O-].NC1CCCCC1N.[Pt+4]. The van der Waals surface area contributed by atoms with E-state index in [0.29, 0.717) is 0 Å². The second-order valence-corrected chi connectivity index (χ2v) is 3.73. The molecule has 2 atom stereocenters. The molecule has 0 amide bonds. The predicted molar refractivity (Wildman–Crippen MR) is 52.4 cm³/mol. The molecule has 17 heavy (non-hydrogen) atoms. The van der Waals surface area contributed by atoms with Crippen LogP contribution in [0.25, 0.3) is 0 Å². The molecule has 0 aromatic carbocycles. The van der Waals surface area contributed by atoms with Crippen LogP contribution in [0.5, 0.6) is 0 Å². The molecule has 0 radical (unpaired) electrons. The third-order valence-electron chi connectivity index (χ3n) is 2.38. The molecule has 7 nitrogen and oxygen atoms in total. The largest absolute Gasteiger partial charge is 4.00 e. The van der Waals surface area contributed by atoms with E-state index in [2.05, 4.69) is 5.73 Å². The standard InChI is InChI=1S/C6H14N2.C3H5NO4.Pt/c7-5-3-1-2-4-6(5)8;4-1(2(5)6)3(7)8;/h5-6H,1-4,7-8H2;1H,4H2,(H,5,6)(H,7,8);/q;;+4/p-2. The van der Waals surface area contributed by atoms with Gasteiger partial charge in [0.15, 0.2) is 0 Å². The van der Waals surface area contributed by atoms with Gasteiger partial charge in [0.1, 0.15) is 0 Å². The summed E-state index contributed by atoms with van der Waals surface area (Å²) >= 11 is 0. The average Bonchev–Trinajstić information content (AvgIpc) is 2.22. The van der Waals surface area contributed by atoms with Gasteiger partial charge in [-0.15, -0.1) is 0 Å². The zero-order valence-corrected chi connectivity index (χ0v) is 11.5. The summed E-state index contributed by atoms with van der Waals surface area (Å²) in [6.45, 7) is 0. The molecule has 1 fully saturated rings. The van der Waals surface area contributed by atoms with Crippen molar-refractivity contribution < 1.29 is 40.9 Å². The molecule has 0 aliphatic heterocycles. The van der Waals surface area contributed by atoms with Gasteiger partial charge in [0.25, 0.3) is 0 Å². The topological polar surface area (TPSA) is 158 Å². The van der Waals surface area contributed by atoms with Gasteiger partial charge in [0.05, 0.1) is 18.0 Å². The van der Waals surface area contributed by atoms with Crippen LogP contribution in [0.3, 0.4) is 0 Å². The normalized spacial score (nSPS) is 23.1. The fourth-order valence-electron chi connectivity index (χ4n) is 1.28. The number of carboxylic acids is 2. The average molecular weight is 426 g/mol. The molecule has 2 unspecified atom stereocenters. The molecule has 1 aliphatic rings. The van der Waals surface area contributed by atoms with Gasteiger partial charge in [0, 0.05) is 12.1 Å². The number of rotatable bonds is 2. The van der Waals surface area contributed by atoms with Crippen LogP contribution in [0.1, 0.15) is 25.7 Å². The van der Waals surface area contributed by atoms with Crippen molar-refractivity contribution in [3.8, 4) is 0 Å². The predicted octanol–water partition coefficient (Wildman–Crippen LogP) is -3.97. The first-order valence-corrected chi connectivity index (χ1v) is 5.04. The molecule has 0 aromatic rings. The zero-order chi connectivity index (χ0) is 12.7. The maximum Gasteiger partial charge on any atom is 4.00 e. The minimum Gasteiger partial charge on any atom is -0.548 e. The second-order valence-electron chi connectivity index (χ2n) is 3.73. The molecule has 100 valence electrons. The maximum absolute atomic E-state index is 9.48. The molecule has 6 N–H and O–H groups in total. The van der Waals surface area contributed by atoms with Gasteiger partial charge < -0.3 is 37.0 Å². The Kier molecular flexibility index (Phi) is 10.6. The minimum atomic E-state index is -2.02. The molecule has 0 aromatic heterocycles. The van der Waals surface area contributed by atoms with E-state index in [1.807, 2.05) is 0 Å². The molecule has 8 heteroatoms. The van der Waals surface area contributed by atoms with Gasteiger partial charge in [-0.05, 0) is 12.8 Å². The summed E-state index contributed by atoms with van der Waals surface area (Å²) in [4.78, 5) is 19.0. The maximum atomic E-state index is 9.48. The summed E-state index contributed by atoms with van der Waals surface area (Å²) in [6, 6.07) is -1.46. The molecule has 0 heterocycles. The summed E-state index contributed by atoms with van der Waals surface area (Å²) in [6.07, 6.45) is 4.80. The van der Waals surface area contributed by atoms with Crippen molar-refractivity contribution in [1.82, 2.24) is 0 Å². The molecule has 1 rings (SSSR count). The van der Waals surface area contributed by atoms with Crippen molar-refractivity contribution in [3.05, 3.63) is 0 Å². The van der Waals surface area contributed by atoms with Crippen LogP contribution in [-0.2, 0) is 30.7 Å². The Morgan fingerprint density at radius 1 is 1.00 bits per heavy atom. The Bertz CT molecular complexity index is 228. The van der Waals surface area contributed by atoms with Crippen LogP contribution in [0, 0.1) is 0 Å². The van der Waals surface area contributed by atoms with E-state index in [1.165, 1.54) is 12.8 Å². The summed E-state index contributed by atoms with van der Waals surface area (Å²) in [7, 11) is 0. The van der Waals surface area contributed by atoms with Crippen molar-refractivity contribution in [2.24, 2.45) is 17.2 Å². The molecule has 0 spiro atoms. The molecule has 1 aliphatic carbocycles. The first kappa shape index (κ1) is 18.9. The van der Waals surface area contributed by atoms with E-state index in [1.54, 1.807) is 0 Å². The van der Waals surface area contributed by atoms with Gasteiger partial charge in [-0.25, -0.2) is 0 Å². The quantitative estimate of drug-likeness (QED) is 0.380. The van der Waals surface area contributed by atoms with Gasteiger partial charge in [-0.3, -0.25) is 0 Å². The van der Waals surface area contributed by atoms with E-state index in [0.717, 1.165) is 12.8 Å². The van der Waals surface area contributed by atoms with Gasteiger partial charge in [-0.2, -0.15) is 0 Å². The van der Waals surface area contributed by atoms with Crippen LogP contribution >= 0.6 is 0 Å². The smallest absolute Gasteiger partial charge is 0.548 e. The molecular formula is C9H17N3O4Pt+2. The monoisotopic (exact) mass is 426 g/mol. The number of carbonyl (C=O) groups excluding carboxylic acids is 2. The first-order chi connectivity index (χ1) is 7.36. The third kappa shape index (κ3) is 8.26. The van der Waals surface area contributed by atoms with Crippen LogP contribution < -0.4 is 27.4 Å². The summed E-state index contributed by atoms with van der Waals surface area (Å²) < 4.78 is 0. The number of carboxylic acid groups (broad SMARTS) is 2. The summed E-state index contributed by atoms with van der Waals surface area (Å²) in [5, 5.41) is 19.0. The Morgan fingerprint density at radius 2 is 1.29 bits per heavy atom. The van der Waals surface area contributed by atoms with E-state index in [-0.39, 0.29) is 33.1 Å². The first-order valence-electron chi connectivity index (χ1n) is 5.04. The van der Waals surface area contributed by atoms with Crippen molar-refractivity contribution in [2.45, 2.75) is 43.8 Å². The Hall–Kier alpha value is -0.492. The van der Waals surface area contributed by atoms with Crippen LogP contribution in [0.15, 0.2) is 0 Å². The third-order valence-corrected chi connectivity index (χ3v) is 2.38. The van der Waals surface area contributed by atoms with Crippen LogP contribution in [0.4, 0.5) is 0 Å². The van der Waals surface area contributed by atoms with Gasteiger partial charge in [0.2, 0.25) is 0 Å². The van der Waals surface area contributed by atoms with E-state index >= 15 is 0 Å². The molecule has 1 saturated carbocycles. The Balaban J connectivity index is 0. The van der Waals surface area contributed by atoms with Gasteiger partial charge >= 0.3 is 21.1 Å². The molecule has 0 saturated heterocycles. The fraction of sp³-hybridized carbons (Fsp3) is 0.778. The van der Waals surface area contributed by atoms with Crippen molar-refractivity contribution in [1.29, 1.82) is 0 Å². The van der Waals surface area contributed by atoms with E-state index < -0.39 is 18.0 Å². The fourth-order valence-corrected chi connectivity index (χ4v) is 1.28. The van der Waals surface area contributed by atoms with Crippen molar-refractivity contribution in [2.75, 3.05) is 0 Å². The van der Waals surface area contributed by atoms with Crippen molar-refractivity contribution in [3.63, 3.8) is 0 Å². The minimum absolute atomic E-state index is 0. The molecular weight excluding hydrogens is 409 g/mol. The number of hydrogen-bond acceptors (Lipinski definition) is 7. The summed E-state index contributed by atoms with van der Waals surface area (Å²) in [5.41, 5.74) is 15.7. The van der Waals surface area contributed by atoms with Crippen molar-refractivity contribution >= 4 is 11.9 Å². The molecule has 0 bridgehead atoms. The number of carbonyl (C=O) groups is 2. The van der Waals surface area contributed by atoms with E-state index in [4.69, 9.17) is 11.5 Å². The van der Waals surface area contributed by atoms with Crippen LogP contribution in [-0.4, -0.2) is 30.1 Å². The number of nitrogens with two attached hydrogens (primary N) is 3. The van der Waals surface area contributed by atoms with Gasteiger partial charge in [-0.1, -0.05) is 12.8 Å². The second kappa shape index (κ2) is 9.53. The Labute approximate surface area is 114 Å². The Morgan fingerprint density at radius 3 is 1.41 bits per heavy atom. The van der Waals surface area contributed by atoms with Crippen LogP contribution in [0.2, 0.25) is 0 Å².